The van der Waals surface area contributed by atoms with Crippen molar-refractivity contribution in [3.8, 4) is 11.5 Å². The van der Waals surface area contributed by atoms with Crippen LogP contribution in [0, 0.1) is 5.92 Å². The third kappa shape index (κ3) is 7.12. The molecule has 0 aromatic heterocycles. The van der Waals surface area contributed by atoms with Gasteiger partial charge in [0.1, 0.15) is 0 Å². The summed E-state index contributed by atoms with van der Waals surface area (Å²) < 4.78 is 16.9. The fourth-order valence-corrected chi connectivity index (χ4v) is 4.47. The number of likely N-dealkylation sites (tertiary alicyclic amines) is 1. The van der Waals surface area contributed by atoms with Crippen molar-refractivity contribution in [1.29, 1.82) is 0 Å². The average Bonchev–Trinajstić information content (AvgIpc) is 3.10. The van der Waals surface area contributed by atoms with Gasteiger partial charge in [-0.15, -0.1) is 24.8 Å². The molecule has 0 radical (unpaired) electrons. The number of benzene rings is 1. The molecule has 2 fully saturated rings. The Balaban J connectivity index is 0.00000171. The number of ether oxygens (including phenoxy) is 3. The predicted octanol–water partition coefficient (Wildman–Crippen LogP) is 2.53. The number of fused-ring (bicyclic) bond motifs is 1. The van der Waals surface area contributed by atoms with E-state index in [2.05, 4.69) is 10.2 Å². The molecule has 0 bridgehead atoms. The summed E-state index contributed by atoms with van der Waals surface area (Å²) in [5, 5.41) is 3.13. The van der Waals surface area contributed by atoms with Crippen LogP contribution in [0.1, 0.15) is 37.7 Å². The first-order valence-corrected chi connectivity index (χ1v) is 10.9. The lowest BCUT2D eigenvalue weighted by Crippen LogP contribution is -2.47. The van der Waals surface area contributed by atoms with E-state index in [1.807, 2.05) is 18.2 Å². The van der Waals surface area contributed by atoms with Crippen molar-refractivity contribution in [2.75, 3.05) is 39.5 Å². The van der Waals surface area contributed by atoms with E-state index in [4.69, 9.17) is 19.9 Å². The summed E-state index contributed by atoms with van der Waals surface area (Å²) in [6.45, 7) is 5.09. The Morgan fingerprint density at radius 3 is 2.52 bits per heavy atom. The molecular formula is C22H35Cl2N3O4. The van der Waals surface area contributed by atoms with Crippen LogP contribution in [0.3, 0.4) is 0 Å². The summed E-state index contributed by atoms with van der Waals surface area (Å²) in [7, 11) is 0. The molecule has 1 aromatic carbocycles. The lowest BCUT2D eigenvalue weighted by Gasteiger charge is -2.35. The second kappa shape index (κ2) is 12.7. The van der Waals surface area contributed by atoms with E-state index in [1.54, 1.807) is 0 Å². The van der Waals surface area contributed by atoms with Gasteiger partial charge in [0.15, 0.2) is 11.5 Å². The molecule has 0 spiro atoms. The standard InChI is InChI=1S/C22H33N3O4.2ClH/c23-18-4-3-17(14-25(15-18)19-6-10-27-11-7-19)22(26)24-13-16-2-5-20-21(12-16)29-9-1-8-28-20;;/h2,5,12,17-19H,1,3-4,6-11,13-15,23H2,(H,24,26);2*1H/t17-,18+;;/m1../s1. The van der Waals surface area contributed by atoms with Crippen molar-refractivity contribution >= 4 is 30.7 Å². The first-order chi connectivity index (χ1) is 14.2. The summed E-state index contributed by atoms with van der Waals surface area (Å²) in [6.07, 6.45) is 4.67. The summed E-state index contributed by atoms with van der Waals surface area (Å²) in [4.78, 5) is 15.4. The monoisotopic (exact) mass is 475 g/mol. The predicted molar refractivity (Wildman–Crippen MR) is 125 cm³/mol. The normalized spacial score (nSPS) is 24.7. The zero-order valence-corrected chi connectivity index (χ0v) is 19.6. The van der Waals surface area contributed by atoms with Gasteiger partial charge in [-0.05, 0) is 43.4 Å². The van der Waals surface area contributed by atoms with Crippen molar-refractivity contribution in [2.45, 2.75) is 50.7 Å². The van der Waals surface area contributed by atoms with Crippen molar-refractivity contribution < 1.29 is 19.0 Å². The Hall–Kier alpha value is -1.25. The van der Waals surface area contributed by atoms with Crippen molar-refractivity contribution in [1.82, 2.24) is 10.2 Å². The number of nitrogens with one attached hydrogen (secondary N) is 1. The Morgan fingerprint density at radius 2 is 1.74 bits per heavy atom. The maximum absolute atomic E-state index is 12.9. The Morgan fingerprint density at radius 1 is 1.00 bits per heavy atom. The van der Waals surface area contributed by atoms with Gasteiger partial charge in [-0.3, -0.25) is 9.69 Å². The topological polar surface area (TPSA) is 86.1 Å². The molecule has 0 unspecified atom stereocenters. The zero-order chi connectivity index (χ0) is 20.1. The van der Waals surface area contributed by atoms with Crippen LogP contribution >= 0.6 is 24.8 Å². The van der Waals surface area contributed by atoms with Crippen molar-refractivity contribution in [3.05, 3.63) is 23.8 Å². The molecular weight excluding hydrogens is 441 g/mol. The molecule has 7 nitrogen and oxygen atoms in total. The van der Waals surface area contributed by atoms with E-state index in [-0.39, 0.29) is 42.7 Å². The first kappa shape index (κ1) is 26.0. The third-order valence-corrected chi connectivity index (χ3v) is 6.17. The van der Waals surface area contributed by atoms with Gasteiger partial charge in [-0.2, -0.15) is 0 Å². The van der Waals surface area contributed by atoms with E-state index < -0.39 is 0 Å². The molecule has 1 amide bonds. The highest BCUT2D eigenvalue weighted by Gasteiger charge is 2.31. The van der Waals surface area contributed by atoms with E-state index in [9.17, 15) is 4.79 Å². The highest BCUT2D eigenvalue weighted by atomic mass is 35.5. The van der Waals surface area contributed by atoms with Gasteiger partial charge in [0.2, 0.25) is 5.91 Å². The second-order valence-corrected chi connectivity index (χ2v) is 8.38. The van der Waals surface area contributed by atoms with Crippen LogP contribution in [0.5, 0.6) is 11.5 Å². The molecule has 9 heteroatoms. The molecule has 3 heterocycles. The third-order valence-electron chi connectivity index (χ3n) is 6.17. The molecule has 2 saturated heterocycles. The Labute approximate surface area is 197 Å². The molecule has 4 rings (SSSR count). The molecule has 3 N–H and O–H groups in total. The van der Waals surface area contributed by atoms with Gasteiger partial charge in [0.05, 0.1) is 19.1 Å². The molecule has 176 valence electrons. The van der Waals surface area contributed by atoms with Crippen LogP contribution in [0.15, 0.2) is 18.2 Å². The quantitative estimate of drug-likeness (QED) is 0.695. The van der Waals surface area contributed by atoms with Crippen LogP contribution in [0.25, 0.3) is 0 Å². The maximum Gasteiger partial charge on any atom is 0.224 e. The van der Waals surface area contributed by atoms with Crippen LogP contribution in [-0.2, 0) is 16.1 Å². The fourth-order valence-electron chi connectivity index (χ4n) is 4.47. The largest absolute Gasteiger partial charge is 0.490 e. The number of nitrogens with zero attached hydrogens (tertiary/aromatic N) is 1. The van der Waals surface area contributed by atoms with Gasteiger partial charge in [0, 0.05) is 51.4 Å². The summed E-state index contributed by atoms with van der Waals surface area (Å²) in [5.41, 5.74) is 7.33. The minimum atomic E-state index is -0.0215. The number of rotatable bonds is 4. The summed E-state index contributed by atoms with van der Waals surface area (Å²) in [5.74, 6) is 1.64. The zero-order valence-electron chi connectivity index (χ0n) is 17.9. The summed E-state index contributed by atoms with van der Waals surface area (Å²) in [6, 6.07) is 6.51. The van der Waals surface area contributed by atoms with E-state index >= 15 is 0 Å². The van der Waals surface area contributed by atoms with Crippen molar-refractivity contribution in [3.63, 3.8) is 0 Å². The van der Waals surface area contributed by atoms with E-state index in [0.717, 1.165) is 75.5 Å². The number of carbonyl (C=O) groups excluding carboxylic acids is 1. The molecule has 3 aliphatic heterocycles. The highest BCUT2D eigenvalue weighted by molar-refractivity contribution is 5.85. The smallest absolute Gasteiger partial charge is 0.224 e. The molecule has 1 aromatic rings. The SMILES string of the molecule is Cl.Cl.N[C@H]1CC[C@@H](C(=O)NCc2ccc3c(c2)OCCCO3)CN(C2CCOCC2)C1. The van der Waals surface area contributed by atoms with Gasteiger partial charge < -0.3 is 25.3 Å². The number of nitrogens with two attached hydrogens (primary N) is 1. The van der Waals surface area contributed by atoms with Crippen LogP contribution in [-0.4, -0.2) is 62.4 Å². The van der Waals surface area contributed by atoms with E-state index in [0.29, 0.717) is 25.8 Å². The average molecular weight is 476 g/mol. The van der Waals surface area contributed by atoms with E-state index in [1.165, 1.54) is 0 Å². The van der Waals surface area contributed by atoms with Crippen LogP contribution in [0.2, 0.25) is 0 Å². The van der Waals surface area contributed by atoms with Gasteiger partial charge in [0.25, 0.3) is 0 Å². The number of hydrogen-bond acceptors (Lipinski definition) is 6. The molecule has 31 heavy (non-hydrogen) atoms. The number of hydrogen-bond donors (Lipinski definition) is 2. The Kier molecular flexibility index (Phi) is 10.7. The lowest BCUT2D eigenvalue weighted by atomic mass is 10.00. The van der Waals surface area contributed by atoms with Gasteiger partial charge >= 0.3 is 0 Å². The molecule has 2 atom stereocenters. The van der Waals surface area contributed by atoms with Crippen LogP contribution < -0.4 is 20.5 Å². The number of amides is 1. The first-order valence-electron chi connectivity index (χ1n) is 10.9. The minimum Gasteiger partial charge on any atom is -0.490 e. The van der Waals surface area contributed by atoms with Gasteiger partial charge in [-0.25, -0.2) is 0 Å². The fraction of sp³-hybridized carbons (Fsp3) is 0.682. The highest BCUT2D eigenvalue weighted by Crippen LogP contribution is 2.30. The molecule has 3 aliphatic rings. The minimum absolute atomic E-state index is 0. The van der Waals surface area contributed by atoms with Crippen LogP contribution in [0.4, 0.5) is 0 Å². The Bertz CT molecular complexity index is 703. The van der Waals surface area contributed by atoms with Gasteiger partial charge in [-0.1, -0.05) is 6.07 Å². The second-order valence-electron chi connectivity index (χ2n) is 8.38. The lowest BCUT2D eigenvalue weighted by molar-refractivity contribution is -0.126. The summed E-state index contributed by atoms with van der Waals surface area (Å²) >= 11 is 0. The molecule has 0 aliphatic carbocycles. The van der Waals surface area contributed by atoms with Crippen molar-refractivity contribution in [2.24, 2.45) is 11.7 Å². The number of halogens is 2. The molecule has 0 saturated carbocycles. The maximum atomic E-state index is 12.9. The number of carbonyl (C=O) groups is 1.